The van der Waals surface area contributed by atoms with Crippen LogP contribution < -0.4 is 21.9 Å². The number of benzene rings is 2. The Morgan fingerprint density at radius 1 is 1.05 bits per heavy atom. The van der Waals surface area contributed by atoms with Gasteiger partial charge in [-0.05, 0) is 50.5 Å². The van der Waals surface area contributed by atoms with Crippen LogP contribution in [-0.4, -0.2) is 36.6 Å². The van der Waals surface area contributed by atoms with Crippen LogP contribution in [0, 0.1) is 0 Å². The normalized spacial score (nSPS) is 14.0. The Balaban J connectivity index is 1.54. The topological polar surface area (TPSA) is 120 Å². The van der Waals surface area contributed by atoms with Gasteiger partial charge in [0, 0.05) is 24.2 Å². The van der Waals surface area contributed by atoms with Crippen LogP contribution in [0.1, 0.15) is 61.5 Å². The van der Waals surface area contributed by atoms with Gasteiger partial charge in [0.1, 0.15) is 6.54 Å². The van der Waals surface area contributed by atoms with Crippen LogP contribution in [0.25, 0.3) is 16.7 Å². The highest BCUT2D eigenvalue weighted by Crippen LogP contribution is 2.20. The maximum atomic E-state index is 13.5. The van der Waals surface area contributed by atoms with Gasteiger partial charge >= 0.3 is 5.69 Å². The molecule has 0 aliphatic heterocycles. The first-order valence-electron chi connectivity index (χ1n) is 12.6. The van der Waals surface area contributed by atoms with Crippen LogP contribution in [0.4, 0.5) is 0 Å². The molecule has 2 N–H and O–H groups in total. The molecule has 192 valence electrons. The molecule has 2 aromatic carbocycles. The minimum absolute atomic E-state index is 0.127. The number of fused-ring (bicyclic) bond motifs is 3. The third-order valence-corrected chi connectivity index (χ3v) is 6.82. The van der Waals surface area contributed by atoms with Crippen molar-refractivity contribution in [3.8, 4) is 0 Å². The van der Waals surface area contributed by atoms with Crippen LogP contribution in [0.5, 0.6) is 0 Å². The highest BCUT2D eigenvalue weighted by atomic mass is 16.2. The van der Waals surface area contributed by atoms with E-state index in [1.807, 2.05) is 44.2 Å². The molecule has 0 atom stereocenters. The lowest BCUT2D eigenvalue weighted by Gasteiger charge is -2.14. The van der Waals surface area contributed by atoms with Gasteiger partial charge in [-0.15, -0.1) is 5.10 Å². The van der Waals surface area contributed by atoms with Gasteiger partial charge in [0.2, 0.25) is 11.7 Å². The highest BCUT2D eigenvalue weighted by Gasteiger charge is 2.22. The molecule has 4 aromatic rings. The van der Waals surface area contributed by atoms with Gasteiger partial charge in [-0.3, -0.25) is 19.0 Å². The average molecular weight is 503 g/mol. The molecule has 2 heterocycles. The van der Waals surface area contributed by atoms with Gasteiger partial charge in [0.15, 0.2) is 0 Å². The summed E-state index contributed by atoms with van der Waals surface area (Å²) in [6.07, 6.45) is 4.07. The second-order valence-corrected chi connectivity index (χ2v) is 9.79. The Hall–Kier alpha value is -4.21. The van der Waals surface area contributed by atoms with E-state index < -0.39 is 5.69 Å². The largest absolute Gasteiger partial charge is 0.352 e. The fraction of sp³-hybridized carbons (Fsp3) is 0.370. The zero-order chi connectivity index (χ0) is 26.1. The van der Waals surface area contributed by atoms with Gasteiger partial charge in [-0.2, -0.15) is 0 Å². The molecule has 0 radical (unpaired) electrons. The number of amides is 2. The van der Waals surface area contributed by atoms with Crippen molar-refractivity contribution < 1.29 is 9.59 Å². The van der Waals surface area contributed by atoms with E-state index in [9.17, 15) is 19.2 Å². The minimum Gasteiger partial charge on any atom is -0.350 e. The summed E-state index contributed by atoms with van der Waals surface area (Å²) in [5.41, 5.74) is 0.712. The molecule has 1 saturated carbocycles. The van der Waals surface area contributed by atoms with Crippen molar-refractivity contribution in [2.75, 3.05) is 0 Å². The van der Waals surface area contributed by atoms with Crippen molar-refractivity contribution in [3.05, 3.63) is 80.5 Å². The van der Waals surface area contributed by atoms with Crippen LogP contribution in [-0.2, 0) is 17.9 Å². The van der Waals surface area contributed by atoms with Crippen LogP contribution >= 0.6 is 0 Å². The molecule has 0 bridgehead atoms. The van der Waals surface area contributed by atoms with Crippen molar-refractivity contribution >= 4 is 28.5 Å². The number of hydrogen-bond acceptors (Lipinski definition) is 5. The summed E-state index contributed by atoms with van der Waals surface area (Å²) in [6.45, 7) is 3.67. The van der Waals surface area contributed by atoms with Gasteiger partial charge in [0.25, 0.3) is 11.5 Å². The highest BCUT2D eigenvalue weighted by molar-refractivity contribution is 5.98. The first kappa shape index (κ1) is 24.5. The van der Waals surface area contributed by atoms with Gasteiger partial charge < -0.3 is 10.6 Å². The van der Waals surface area contributed by atoms with Crippen LogP contribution in [0.15, 0.2) is 58.1 Å². The monoisotopic (exact) mass is 502 g/mol. The lowest BCUT2D eigenvalue weighted by molar-refractivity contribution is -0.122. The average Bonchev–Trinajstić information content (AvgIpc) is 3.51. The number of aromatic nitrogens is 4. The third kappa shape index (κ3) is 4.78. The minimum atomic E-state index is -0.558. The molecular weight excluding hydrogens is 472 g/mol. The maximum absolute atomic E-state index is 13.5. The first-order chi connectivity index (χ1) is 17.8. The molecule has 1 aliphatic carbocycles. The van der Waals surface area contributed by atoms with E-state index in [2.05, 4.69) is 15.7 Å². The maximum Gasteiger partial charge on any atom is 0.352 e. The van der Waals surface area contributed by atoms with E-state index in [-0.39, 0.29) is 47.3 Å². The molecule has 0 spiro atoms. The Labute approximate surface area is 212 Å². The Bertz CT molecular complexity index is 1590. The summed E-state index contributed by atoms with van der Waals surface area (Å²) in [5, 5.41) is 10.5. The van der Waals surface area contributed by atoms with Gasteiger partial charge in [-0.25, -0.2) is 13.9 Å². The molecule has 10 heteroatoms. The van der Waals surface area contributed by atoms with Crippen molar-refractivity contribution in [1.29, 1.82) is 0 Å². The predicted molar refractivity (Wildman–Crippen MR) is 140 cm³/mol. The second kappa shape index (κ2) is 10.0. The molecule has 37 heavy (non-hydrogen) atoms. The fourth-order valence-corrected chi connectivity index (χ4v) is 4.92. The molecule has 2 aromatic heterocycles. The molecule has 1 fully saturated rings. The first-order valence-corrected chi connectivity index (χ1v) is 12.6. The molecule has 0 unspecified atom stereocenters. The Morgan fingerprint density at radius 3 is 2.49 bits per heavy atom. The molecule has 0 saturated heterocycles. The number of hydrogen-bond donors (Lipinski definition) is 2. The molecule has 2 amide bonds. The standard InChI is InChI=1S/C27H30N6O4/c1-17(2)32-25(36)21-13-12-19(24(35)29-20-10-6-7-11-20)14-22(21)33-26(32)30-31(27(33)37)16-23(34)28-15-18-8-4-3-5-9-18/h3-5,8-9,12-14,17,20H,6-7,10-11,15-16H2,1-2H3,(H,28,34)(H,29,35). The van der Waals surface area contributed by atoms with E-state index >= 15 is 0 Å². The molecule has 5 rings (SSSR count). The Morgan fingerprint density at radius 2 is 1.78 bits per heavy atom. The molecular formula is C27H30N6O4. The summed E-state index contributed by atoms with van der Waals surface area (Å²) < 4.78 is 3.80. The second-order valence-electron chi connectivity index (χ2n) is 9.79. The SMILES string of the molecule is CC(C)n1c(=O)c2ccc(C(=O)NC3CCCC3)cc2n2c(=O)n(CC(=O)NCc3ccccc3)nc12. The van der Waals surface area contributed by atoms with E-state index in [4.69, 9.17) is 0 Å². The predicted octanol–water partition coefficient (Wildman–Crippen LogP) is 2.38. The van der Waals surface area contributed by atoms with Crippen molar-refractivity contribution in [2.45, 2.75) is 64.7 Å². The number of carbonyl (C=O) groups excluding carboxylic acids is 2. The van der Waals surface area contributed by atoms with Gasteiger partial charge in [0.05, 0.1) is 10.9 Å². The third-order valence-electron chi connectivity index (χ3n) is 6.82. The summed E-state index contributed by atoms with van der Waals surface area (Å²) in [4.78, 5) is 52.4. The van der Waals surface area contributed by atoms with Crippen molar-refractivity contribution in [3.63, 3.8) is 0 Å². The quantitative estimate of drug-likeness (QED) is 0.402. The van der Waals surface area contributed by atoms with E-state index in [0.29, 0.717) is 17.5 Å². The van der Waals surface area contributed by atoms with E-state index in [1.165, 1.54) is 8.97 Å². The summed E-state index contributed by atoms with van der Waals surface area (Å²) in [5.74, 6) is -0.494. The zero-order valence-electron chi connectivity index (χ0n) is 20.9. The Kier molecular flexibility index (Phi) is 6.64. The van der Waals surface area contributed by atoms with E-state index in [0.717, 1.165) is 35.9 Å². The fourth-order valence-electron chi connectivity index (χ4n) is 4.92. The number of nitrogens with one attached hydrogen (secondary N) is 2. The number of carbonyl (C=O) groups is 2. The van der Waals surface area contributed by atoms with Crippen LogP contribution in [0.2, 0.25) is 0 Å². The number of rotatable bonds is 7. The summed E-state index contributed by atoms with van der Waals surface area (Å²) in [6, 6.07) is 14.0. The summed E-state index contributed by atoms with van der Waals surface area (Å²) in [7, 11) is 0. The van der Waals surface area contributed by atoms with Crippen molar-refractivity contribution in [2.24, 2.45) is 0 Å². The van der Waals surface area contributed by atoms with Crippen LogP contribution in [0.3, 0.4) is 0 Å². The molecule has 10 nitrogen and oxygen atoms in total. The van der Waals surface area contributed by atoms with Gasteiger partial charge in [-0.1, -0.05) is 43.2 Å². The smallest absolute Gasteiger partial charge is 0.350 e. The lowest BCUT2D eigenvalue weighted by Crippen LogP contribution is -2.33. The zero-order valence-corrected chi connectivity index (χ0v) is 20.9. The van der Waals surface area contributed by atoms with E-state index in [1.54, 1.807) is 18.2 Å². The lowest BCUT2D eigenvalue weighted by atomic mass is 10.1. The number of nitrogens with zero attached hydrogens (tertiary/aromatic N) is 4. The summed E-state index contributed by atoms with van der Waals surface area (Å²) >= 11 is 0. The van der Waals surface area contributed by atoms with Crippen molar-refractivity contribution in [1.82, 2.24) is 29.4 Å². The molecule has 1 aliphatic rings.